The van der Waals surface area contributed by atoms with Gasteiger partial charge in [0.15, 0.2) is 0 Å². The van der Waals surface area contributed by atoms with Crippen LogP contribution in [0.15, 0.2) is 48.5 Å². The molecule has 3 aliphatic carbocycles. The Hall–Kier alpha value is -3.79. The summed E-state index contributed by atoms with van der Waals surface area (Å²) in [5, 5.41) is 14.8. The van der Waals surface area contributed by atoms with E-state index in [4.69, 9.17) is 11.2 Å². The number of fused-ring (bicyclic) bond motifs is 4. The second-order valence-corrected chi connectivity index (χ2v) is 9.71. The average molecular weight is 473 g/mol. The van der Waals surface area contributed by atoms with Crippen molar-refractivity contribution in [1.82, 2.24) is 10.6 Å². The molecule has 2 saturated carbocycles. The Kier molecular flexibility index (Phi) is 6.21. The van der Waals surface area contributed by atoms with Crippen LogP contribution in [0, 0.1) is 30.1 Å². The Morgan fingerprint density at radius 3 is 2.31 bits per heavy atom. The third-order valence-corrected chi connectivity index (χ3v) is 7.78. The quantitative estimate of drug-likeness (QED) is 0.535. The Morgan fingerprint density at radius 1 is 1.03 bits per heavy atom. The van der Waals surface area contributed by atoms with Crippen molar-refractivity contribution in [1.29, 1.82) is 0 Å². The first kappa shape index (κ1) is 23.0. The van der Waals surface area contributed by atoms with Crippen LogP contribution in [-0.2, 0) is 14.3 Å². The Balaban J connectivity index is 1.14. The summed E-state index contributed by atoms with van der Waals surface area (Å²) in [6.07, 6.45) is 6.83. The van der Waals surface area contributed by atoms with E-state index in [1.165, 1.54) is 22.3 Å². The second kappa shape index (κ2) is 9.46. The number of hydrogen-bond donors (Lipinski definition) is 3. The molecule has 0 spiro atoms. The van der Waals surface area contributed by atoms with Crippen molar-refractivity contribution in [3.63, 3.8) is 0 Å². The van der Waals surface area contributed by atoms with E-state index in [0.29, 0.717) is 18.8 Å². The van der Waals surface area contributed by atoms with E-state index < -0.39 is 18.1 Å². The van der Waals surface area contributed by atoms with Crippen molar-refractivity contribution in [2.75, 3.05) is 6.61 Å². The zero-order valence-electron chi connectivity index (χ0n) is 19.3. The van der Waals surface area contributed by atoms with Gasteiger partial charge in [-0.1, -0.05) is 48.5 Å². The lowest BCUT2D eigenvalue weighted by molar-refractivity contribution is -0.142. The summed E-state index contributed by atoms with van der Waals surface area (Å²) in [7, 11) is 0. The lowest BCUT2D eigenvalue weighted by atomic mass is 9.71. The van der Waals surface area contributed by atoms with Crippen LogP contribution in [-0.4, -0.2) is 41.8 Å². The first-order valence-electron chi connectivity index (χ1n) is 12.0. The average Bonchev–Trinajstić information content (AvgIpc) is 3.36. The van der Waals surface area contributed by atoms with Crippen molar-refractivity contribution < 1.29 is 24.2 Å². The summed E-state index contributed by atoms with van der Waals surface area (Å²) in [6.45, 7) is 0.261. The summed E-state index contributed by atoms with van der Waals surface area (Å²) >= 11 is 0. The molecule has 2 unspecified atom stereocenters. The highest BCUT2D eigenvalue weighted by Gasteiger charge is 2.50. The number of rotatable bonds is 7. The van der Waals surface area contributed by atoms with E-state index in [1.807, 2.05) is 24.3 Å². The van der Waals surface area contributed by atoms with Crippen molar-refractivity contribution in [2.45, 2.75) is 43.7 Å². The molecule has 3 N–H and O–H groups in total. The fourth-order valence-electron chi connectivity index (χ4n) is 6.01. The van der Waals surface area contributed by atoms with Crippen LogP contribution in [0.1, 0.15) is 42.7 Å². The number of aliphatic carboxylic acids is 1. The van der Waals surface area contributed by atoms with Crippen LogP contribution >= 0.6 is 0 Å². The first-order valence-corrected chi connectivity index (χ1v) is 12.0. The summed E-state index contributed by atoms with van der Waals surface area (Å²) in [5.74, 6) is 1.17. The van der Waals surface area contributed by atoms with Gasteiger partial charge in [0, 0.05) is 24.3 Å². The van der Waals surface area contributed by atoms with Crippen molar-refractivity contribution in [2.24, 2.45) is 17.8 Å². The predicted octanol–water partition coefficient (Wildman–Crippen LogP) is 3.53. The van der Waals surface area contributed by atoms with Crippen LogP contribution in [0.2, 0.25) is 0 Å². The number of carbonyl (C=O) groups excluding carboxylic acids is 2. The normalized spacial score (nSPS) is 24.7. The third-order valence-electron chi connectivity index (χ3n) is 7.78. The zero-order chi connectivity index (χ0) is 24.5. The maximum atomic E-state index is 12.6. The van der Waals surface area contributed by atoms with Gasteiger partial charge in [-0.3, -0.25) is 4.79 Å². The van der Waals surface area contributed by atoms with Crippen LogP contribution in [0.4, 0.5) is 4.79 Å². The number of nitrogens with one attached hydrogen (secondary N) is 2. The number of hydrogen-bond acceptors (Lipinski definition) is 4. The van der Waals surface area contributed by atoms with Crippen molar-refractivity contribution in [3.05, 3.63) is 59.7 Å². The number of amides is 2. The highest BCUT2D eigenvalue weighted by Crippen LogP contribution is 2.50. The van der Waals surface area contributed by atoms with Gasteiger partial charge >= 0.3 is 12.1 Å². The predicted molar refractivity (Wildman–Crippen MR) is 129 cm³/mol. The molecule has 5 rings (SSSR count). The fraction of sp³-hybridized carbons (Fsp3) is 0.393. The van der Waals surface area contributed by atoms with E-state index >= 15 is 0 Å². The van der Waals surface area contributed by atoms with Gasteiger partial charge in [0.2, 0.25) is 5.91 Å². The molecular formula is C28H28N2O5. The fourth-order valence-corrected chi connectivity index (χ4v) is 6.01. The van der Waals surface area contributed by atoms with Gasteiger partial charge in [-0.05, 0) is 53.4 Å². The number of carbonyl (C=O) groups is 3. The zero-order valence-corrected chi connectivity index (χ0v) is 19.3. The molecule has 0 heterocycles. The lowest BCUT2D eigenvalue weighted by Gasteiger charge is -2.40. The van der Waals surface area contributed by atoms with Gasteiger partial charge < -0.3 is 20.5 Å². The molecule has 0 aliphatic heterocycles. The van der Waals surface area contributed by atoms with Gasteiger partial charge in [0.1, 0.15) is 12.6 Å². The van der Waals surface area contributed by atoms with Gasteiger partial charge in [-0.25, -0.2) is 9.59 Å². The molecule has 7 heteroatoms. The van der Waals surface area contributed by atoms with E-state index in [0.717, 1.165) is 6.42 Å². The van der Waals surface area contributed by atoms with Crippen molar-refractivity contribution >= 4 is 18.0 Å². The molecule has 7 nitrogen and oxygen atoms in total. The molecule has 0 saturated heterocycles. The number of benzene rings is 2. The number of alkyl carbamates (subject to hydrolysis) is 1. The minimum Gasteiger partial charge on any atom is -0.480 e. The summed E-state index contributed by atoms with van der Waals surface area (Å²) in [5.41, 5.74) is 4.70. The molecular weight excluding hydrogens is 444 g/mol. The van der Waals surface area contributed by atoms with E-state index in [1.54, 1.807) is 0 Å². The Labute approximate surface area is 204 Å². The van der Waals surface area contributed by atoms with Gasteiger partial charge in [-0.15, -0.1) is 12.3 Å². The molecule has 5 atom stereocenters. The summed E-state index contributed by atoms with van der Waals surface area (Å²) in [6, 6.07) is 15.3. The highest BCUT2D eigenvalue weighted by molar-refractivity contribution is 5.85. The largest absolute Gasteiger partial charge is 0.480 e. The monoisotopic (exact) mass is 472 g/mol. The maximum absolute atomic E-state index is 12.6. The highest BCUT2D eigenvalue weighted by atomic mass is 16.5. The van der Waals surface area contributed by atoms with Crippen LogP contribution in [0.25, 0.3) is 11.1 Å². The number of carboxylic acids is 1. The number of terminal acetylenes is 1. The smallest absolute Gasteiger partial charge is 0.407 e. The topological polar surface area (TPSA) is 105 Å². The molecule has 2 aromatic rings. The Bertz CT molecular complexity index is 1160. The molecule has 3 aliphatic rings. The summed E-state index contributed by atoms with van der Waals surface area (Å²) < 4.78 is 5.66. The first-order chi connectivity index (χ1) is 17.0. The van der Waals surface area contributed by atoms with Gasteiger partial charge in [0.05, 0.1) is 0 Å². The van der Waals surface area contributed by atoms with E-state index in [2.05, 4.69) is 40.8 Å². The minimum absolute atomic E-state index is 0.00652. The number of ether oxygens (including phenoxy) is 1. The minimum atomic E-state index is -1.13. The standard InChI is InChI=1S/C28H28N2O5/c1-2-7-24(27(32)33)29-26(31)17-12-16-14-25(22(16)13-17)30-28(34)35-15-23-20-10-5-3-8-18(20)19-9-4-6-11-21(19)23/h1,3-6,8-11,16-17,22-25H,7,12-15H2,(H,29,31)(H,30,34)(H,32,33)/t16-,17?,22-,24?,25+/m1/s1. The molecule has 2 aromatic carbocycles. The number of carboxylic acid groups (broad SMARTS) is 1. The van der Waals surface area contributed by atoms with E-state index in [9.17, 15) is 19.5 Å². The molecule has 35 heavy (non-hydrogen) atoms. The molecule has 2 fully saturated rings. The van der Waals surface area contributed by atoms with Gasteiger partial charge in [-0.2, -0.15) is 0 Å². The Morgan fingerprint density at radius 2 is 1.69 bits per heavy atom. The molecule has 180 valence electrons. The molecule has 0 aromatic heterocycles. The van der Waals surface area contributed by atoms with Crippen LogP contribution in [0.5, 0.6) is 0 Å². The molecule has 0 radical (unpaired) electrons. The van der Waals surface area contributed by atoms with Gasteiger partial charge in [0.25, 0.3) is 0 Å². The lowest BCUT2D eigenvalue weighted by Crippen LogP contribution is -2.50. The SMILES string of the molecule is C#CCC(NC(=O)C1C[C@@H]2C[C@H](NC(=O)OCC3c4ccccc4-c4ccccc43)[C@@H]2C1)C(=O)O. The van der Waals surface area contributed by atoms with E-state index in [-0.39, 0.29) is 42.7 Å². The van der Waals surface area contributed by atoms with Crippen LogP contribution in [0.3, 0.4) is 0 Å². The second-order valence-electron chi connectivity index (χ2n) is 9.71. The van der Waals surface area contributed by atoms with Crippen molar-refractivity contribution in [3.8, 4) is 23.5 Å². The third kappa shape index (κ3) is 4.37. The maximum Gasteiger partial charge on any atom is 0.407 e. The summed E-state index contributed by atoms with van der Waals surface area (Å²) in [4.78, 5) is 36.5. The molecule has 0 bridgehead atoms. The molecule has 2 amide bonds. The van der Waals surface area contributed by atoms with Crippen LogP contribution < -0.4 is 10.6 Å².